The Bertz CT molecular complexity index is 499. The molecule has 0 amide bonds. The summed E-state index contributed by atoms with van der Waals surface area (Å²) in [4.78, 5) is 2.00. The highest BCUT2D eigenvalue weighted by molar-refractivity contribution is 5.54. The second kappa shape index (κ2) is 3.89. The van der Waals surface area contributed by atoms with Crippen molar-refractivity contribution in [1.82, 2.24) is 9.78 Å². The first-order valence-electron chi connectivity index (χ1n) is 5.18. The molecule has 0 saturated carbocycles. The van der Waals surface area contributed by atoms with Crippen LogP contribution in [0.4, 0.5) is 11.6 Å². The van der Waals surface area contributed by atoms with Gasteiger partial charge in [-0.2, -0.15) is 0 Å². The summed E-state index contributed by atoms with van der Waals surface area (Å²) in [7, 11) is 3.95. The second-order valence-corrected chi connectivity index (χ2v) is 4.02. The number of aryl methyl sites for hydroxylation is 1. The van der Waals surface area contributed by atoms with Gasteiger partial charge in [0.05, 0.1) is 5.69 Å². The minimum absolute atomic E-state index is 0.534. The van der Waals surface area contributed by atoms with Crippen molar-refractivity contribution in [1.29, 1.82) is 0 Å². The molecule has 2 N–H and O–H groups in total. The summed E-state index contributed by atoms with van der Waals surface area (Å²) < 4.78 is 1.87. The van der Waals surface area contributed by atoms with Crippen LogP contribution in [0.2, 0.25) is 0 Å². The van der Waals surface area contributed by atoms with Crippen molar-refractivity contribution in [3.63, 3.8) is 0 Å². The molecule has 0 aliphatic heterocycles. The van der Waals surface area contributed by atoms with Gasteiger partial charge < -0.3 is 10.6 Å². The fourth-order valence-corrected chi connectivity index (χ4v) is 1.69. The highest BCUT2D eigenvalue weighted by atomic mass is 15.4. The Morgan fingerprint density at radius 2 is 1.94 bits per heavy atom. The third-order valence-electron chi connectivity index (χ3n) is 2.51. The molecule has 0 bridgehead atoms. The Morgan fingerprint density at radius 3 is 2.56 bits per heavy atom. The van der Waals surface area contributed by atoms with Crippen molar-refractivity contribution in [2.75, 3.05) is 24.7 Å². The number of hydrogen-bond donors (Lipinski definition) is 1. The fraction of sp³-hybridized carbons (Fsp3) is 0.250. The first-order chi connectivity index (χ1) is 7.59. The lowest BCUT2D eigenvalue weighted by molar-refractivity contribution is 0.852. The molecule has 1 aromatic carbocycles. The molecule has 1 aromatic heterocycles. The maximum Gasteiger partial charge on any atom is 0.148 e. The first kappa shape index (κ1) is 10.5. The second-order valence-electron chi connectivity index (χ2n) is 4.02. The van der Waals surface area contributed by atoms with Crippen LogP contribution in [-0.2, 0) is 0 Å². The number of nitrogens with zero attached hydrogens (tertiary/aromatic N) is 3. The van der Waals surface area contributed by atoms with Crippen molar-refractivity contribution in [2.45, 2.75) is 6.92 Å². The summed E-state index contributed by atoms with van der Waals surface area (Å²) in [5.41, 5.74) is 7.98. The van der Waals surface area contributed by atoms with Crippen LogP contribution in [-0.4, -0.2) is 23.9 Å². The van der Waals surface area contributed by atoms with Crippen molar-refractivity contribution in [3.05, 3.63) is 35.9 Å². The number of nitrogens with two attached hydrogens (primary N) is 1. The largest absolute Gasteiger partial charge is 0.382 e. The number of aromatic nitrogens is 2. The van der Waals surface area contributed by atoms with Crippen LogP contribution in [0.25, 0.3) is 5.69 Å². The lowest BCUT2D eigenvalue weighted by Gasteiger charge is -2.15. The Kier molecular flexibility index (Phi) is 2.56. The minimum atomic E-state index is 0.534. The Hall–Kier alpha value is -1.97. The number of hydrogen-bond acceptors (Lipinski definition) is 3. The van der Waals surface area contributed by atoms with E-state index in [1.807, 2.05) is 47.9 Å². The SMILES string of the molecule is Cc1ccccc1-n1nc(N)cc1N(C)C. The van der Waals surface area contributed by atoms with E-state index < -0.39 is 0 Å². The summed E-state index contributed by atoms with van der Waals surface area (Å²) in [5, 5.41) is 4.32. The van der Waals surface area contributed by atoms with Crippen molar-refractivity contribution in [3.8, 4) is 5.69 Å². The number of rotatable bonds is 2. The Balaban J connectivity index is 2.60. The monoisotopic (exact) mass is 216 g/mol. The van der Waals surface area contributed by atoms with Gasteiger partial charge in [0, 0.05) is 20.2 Å². The Labute approximate surface area is 95.3 Å². The molecule has 0 radical (unpaired) electrons. The molecular weight excluding hydrogens is 200 g/mol. The van der Waals surface area contributed by atoms with Gasteiger partial charge in [-0.05, 0) is 18.6 Å². The predicted octanol–water partition coefficient (Wildman–Crippen LogP) is 1.83. The van der Waals surface area contributed by atoms with E-state index in [9.17, 15) is 0 Å². The van der Waals surface area contributed by atoms with E-state index in [0.717, 1.165) is 11.5 Å². The fourth-order valence-electron chi connectivity index (χ4n) is 1.69. The molecule has 84 valence electrons. The van der Waals surface area contributed by atoms with E-state index in [-0.39, 0.29) is 0 Å². The van der Waals surface area contributed by atoms with E-state index in [4.69, 9.17) is 5.73 Å². The van der Waals surface area contributed by atoms with Gasteiger partial charge in [0.25, 0.3) is 0 Å². The Morgan fingerprint density at radius 1 is 1.25 bits per heavy atom. The van der Waals surface area contributed by atoms with Crippen LogP contribution in [0.3, 0.4) is 0 Å². The maximum atomic E-state index is 5.75. The molecule has 2 rings (SSSR count). The molecule has 2 aromatic rings. The van der Waals surface area contributed by atoms with Crippen LogP contribution in [0.15, 0.2) is 30.3 Å². The van der Waals surface area contributed by atoms with Crippen LogP contribution in [0, 0.1) is 6.92 Å². The summed E-state index contributed by atoms with van der Waals surface area (Å²) in [6.45, 7) is 2.06. The minimum Gasteiger partial charge on any atom is -0.382 e. The van der Waals surface area contributed by atoms with Crippen LogP contribution in [0.5, 0.6) is 0 Å². The summed E-state index contributed by atoms with van der Waals surface area (Å²) in [5.74, 6) is 1.51. The molecule has 1 heterocycles. The summed E-state index contributed by atoms with van der Waals surface area (Å²) >= 11 is 0. The van der Waals surface area contributed by atoms with Gasteiger partial charge in [-0.15, -0.1) is 5.10 Å². The zero-order chi connectivity index (χ0) is 11.7. The van der Waals surface area contributed by atoms with Gasteiger partial charge in [-0.25, -0.2) is 4.68 Å². The summed E-state index contributed by atoms with van der Waals surface area (Å²) in [6, 6.07) is 9.98. The predicted molar refractivity (Wildman–Crippen MR) is 67.0 cm³/mol. The van der Waals surface area contributed by atoms with Crippen molar-refractivity contribution in [2.24, 2.45) is 0 Å². The highest BCUT2D eigenvalue weighted by Gasteiger charge is 2.10. The smallest absolute Gasteiger partial charge is 0.148 e. The topological polar surface area (TPSA) is 47.1 Å². The zero-order valence-corrected chi connectivity index (χ0v) is 9.81. The molecule has 0 saturated heterocycles. The lowest BCUT2D eigenvalue weighted by atomic mass is 10.2. The van der Waals surface area contributed by atoms with Crippen LogP contribution in [0.1, 0.15) is 5.56 Å². The molecule has 4 nitrogen and oxygen atoms in total. The van der Waals surface area contributed by atoms with Crippen LogP contribution >= 0.6 is 0 Å². The number of benzene rings is 1. The average molecular weight is 216 g/mol. The number of nitrogen functional groups attached to an aromatic ring is 1. The van der Waals surface area contributed by atoms with E-state index in [1.54, 1.807) is 0 Å². The van der Waals surface area contributed by atoms with E-state index in [2.05, 4.69) is 18.1 Å². The molecule has 0 atom stereocenters. The molecule has 0 spiro atoms. The highest BCUT2D eigenvalue weighted by Crippen LogP contribution is 2.22. The molecule has 4 heteroatoms. The maximum absolute atomic E-state index is 5.75. The summed E-state index contributed by atoms with van der Waals surface area (Å²) in [6.07, 6.45) is 0. The normalized spacial score (nSPS) is 10.4. The quantitative estimate of drug-likeness (QED) is 0.833. The molecule has 16 heavy (non-hydrogen) atoms. The molecule has 0 aliphatic rings. The van der Waals surface area contributed by atoms with Gasteiger partial charge in [0.1, 0.15) is 11.6 Å². The van der Waals surface area contributed by atoms with E-state index >= 15 is 0 Å². The van der Waals surface area contributed by atoms with Gasteiger partial charge in [0.2, 0.25) is 0 Å². The number of anilines is 2. The van der Waals surface area contributed by atoms with E-state index in [1.165, 1.54) is 5.56 Å². The van der Waals surface area contributed by atoms with Gasteiger partial charge >= 0.3 is 0 Å². The van der Waals surface area contributed by atoms with Gasteiger partial charge in [-0.3, -0.25) is 0 Å². The molecule has 0 aliphatic carbocycles. The zero-order valence-electron chi connectivity index (χ0n) is 9.81. The average Bonchev–Trinajstić information content (AvgIpc) is 2.61. The van der Waals surface area contributed by atoms with Crippen LogP contribution < -0.4 is 10.6 Å². The number of para-hydroxylation sites is 1. The molecular formula is C12H16N4. The third kappa shape index (κ3) is 1.74. The molecule has 0 unspecified atom stereocenters. The first-order valence-corrected chi connectivity index (χ1v) is 5.18. The van der Waals surface area contributed by atoms with Crippen molar-refractivity contribution < 1.29 is 0 Å². The molecule has 0 fully saturated rings. The standard InChI is InChI=1S/C12H16N4/c1-9-6-4-5-7-10(9)16-12(15(2)3)8-11(13)14-16/h4-8H,1-3H3,(H2,13,14). The van der Waals surface area contributed by atoms with Gasteiger partial charge in [-0.1, -0.05) is 18.2 Å². The van der Waals surface area contributed by atoms with Gasteiger partial charge in [0.15, 0.2) is 0 Å². The third-order valence-corrected chi connectivity index (χ3v) is 2.51. The van der Waals surface area contributed by atoms with E-state index in [0.29, 0.717) is 5.82 Å². The van der Waals surface area contributed by atoms with Crippen molar-refractivity contribution >= 4 is 11.6 Å². The lowest BCUT2D eigenvalue weighted by Crippen LogP contribution is -2.14.